The fourth-order valence-corrected chi connectivity index (χ4v) is 2.83. The highest BCUT2D eigenvalue weighted by molar-refractivity contribution is 6.33. The molecule has 3 rings (SSSR count). The van der Waals surface area contributed by atoms with E-state index in [4.69, 9.17) is 11.6 Å². The van der Waals surface area contributed by atoms with Gasteiger partial charge >= 0.3 is 0 Å². The van der Waals surface area contributed by atoms with Crippen LogP contribution in [-0.4, -0.2) is 27.8 Å². The molecule has 0 saturated carbocycles. The summed E-state index contributed by atoms with van der Waals surface area (Å²) in [7, 11) is 0. The van der Waals surface area contributed by atoms with Crippen molar-refractivity contribution in [2.45, 2.75) is 19.9 Å². The van der Waals surface area contributed by atoms with E-state index in [1.54, 1.807) is 24.3 Å². The topological polar surface area (TPSA) is 86.9 Å². The Morgan fingerprint density at radius 1 is 1.08 bits per heavy atom. The molecule has 0 radical (unpaired) electrons. The van der Waals surface area contributed by atoms with Crippen LogP contribution in [0.25, 0.3) is 11.0 Å². The van der Waals surface area contributed by atoms with Crippen LogP contribution >= 0.6 is 11.6 Å². The summed E-state index contributed by atoms with van der Waals surface area (Å²) in [5.74, 6) is -0.520. The molecule has 3 aromatic rings. The zero-order valence-corrected chi connectivity index (χ0v) is 15.2. The fourth-order valence-electron chi connectivity index (χ4n) is 2.61. The number of nitrogens with one attached hydrogen (secondary N) is 3. The van der Waals surface area contributed by atoms with Crippen LogP contribution in [0.4, 0.5) is 5.95 Å². The SMILES string of the molecule is CC(C)[C@H](NC(=O)c1ccccc1Cl)C(=O)Nc1nc2ccccc2[nH]1. The second kappa shape index (κ2) is 7.58. The van der Waals surface area contributed by atoms with Crippen molar-refractivity contribution in [3.05, 3.63) is 59.1 Å². The van der Waals surface area contributed by atoms with Crippen molar-refractivity contribution < 1.29 is 9.59 Å². The van der Waals surface area contributed by atoms with Crippen LogP contribution in [0, 0.1) is 5.92 Å². The largest absolute Gasteiger partial charge is 0.340 e. The third kappa shape index (κ3) is 3.86. The predicted octanol–water partition coefficient (Wildman–Crippen LogP) is 3.61. The number of nitrogens with zero attached hydrogens (tertiary/aromatic N) is 1. The summed E-state index contributed by atoms with van der Waals surface area (Å²) in [6, 6.07) is 13.5. The van der Waals surface area contributed by atoms with Crippen LogP contribution in [-0.2, 0) is 4.79 Å². The first kappa shape index (κ1) is 17.9. The Morgan fingerprint density at radius 3 is 2.46 bits per heavy atom. The molecule has 0 spiro atoms. The molecule has 2 amide bonds. The smallest absolute Gasteiger partial charge is 0.253 e. The molecule has 1 heterocycles. The Hall–Kier alpha value is -2.86. The molecule has 26 heavy (non-hydrogen) atoms. The first-order valence-corrected chi connectivity index (χ1v) is 8.64. The number of fused-ring (bicyclic) bond motifs is 1. The highest BCUT2D eigenvalue weighted by Crippen LogP contribution is 2.17. The van der Waals surface area contributed by atoms with Crippen LogP contribution in [0.1, 0.15) is 24.2 Å². The third-order valence-electron chi connectivity index (χ3n) is 3.99. The number of amides is 2. The molecule has 0 fully saturated rings. The molecule has 0 unspecified atom stereocenters. The molecule has 0 aliphatic rings. The molecule has 0 bridgehead atoms. The number of para-hydroxylation sites is 2. The van der Waals surface area contributed by atoms with Crippen molar-refractivity contribution in [1.29, 1.82) is 0 Å². The summed E-state index contributed by atoms with van der Waals surface area (Å²) in [6.07, 6.45) is 0. The summed E-state index contributed by atoms with van der Waals surface area (Å²) < 4.78 is 0. The van der Waals surface area contributed by atoms with Gasteiger partial charge in [0, 0.05) is 0 Å². The van der Waals surface area contributed by atoms with Gasteiger partial charge in [-0.05, 0) is 30.2 Å². The van der Waals surface area contributed by atoms with E-state index in [9.17, 15) is 9.59 Å². The Balaban J connectivity index is 1.75. The van der Waals surface area contributed by atoms with Crippen molar-refractivity contribution in [3.63, 3.8) is 0 Å². The molecule has 2 aromatic carbocycles. The van der Waals surface area contributed by atoms with Crippen molar-refractivity contribution in [2.75, 3.05) is 5.32 Å². The van der Waals surface area contributed by atoms with Gasteiger partial charge in [-0.1, -0.05) is 49.7 Å². The number of H-pyrrole nitrogens is 1. The molecule has 0 aliphatic carbocycles. The number of hydrogen-bond donors (Lipinski definition) is 3. The lowest BCUT2D eigenvalue weighted by Gasteiger charge is -2.21. The maximum atomic E-state index is 12.7. The zero-order chi connectivity index (χ0) is 18.7. The summed E-state index contributed by atoms with van der Waals surface area (Å²) in [5.41, 5.74) is 1.91. The van der Waals surface area contributed by atoms with Crippen molar-refractivity contribution in [2.24, 2.45) is 5.92 Å². The number of aromatic nitrogens is 2. The summed E-state index contributed by atoms with van der Waals surface area (Å²) in [4.78, 5) is 32.5. The minimum atomic E-state index is -0.730. The quantitative estimate of drug-likeness (QED) is 0.641. The number of halogens is 1. The Morgan fingerprint density at radius 2 is 1.77 bits per heavy atom. The molecule has 7 heteroatoms. The van der Waals surface area contributed by atoms with Crippen molar-refractivity contribution in [1.82, 2.24) is 15.3 Å². The van der Waals surface area contributed by atoms with Gasteiger partial charge in [0.15, 0.2) is 0 Å². The summed E-state index contributed by atoms with van der Waals surface area (Å²) >= 11 is 6.06. The molecular weight excluding hydrogens is 352 g/mol. The van der Waals surface area contributed by atoms with Gasteiger partial charge in [0.2, 0.25) is 11.9 Å². The lowest BCUT2D eigenvalue weighted by molar-refractivity contribution is -0.118. The van der Waals surface area contributed by atoms with Gasteiger partial charge in [0.25, 0.3) is 5.91 Å². The van der Waals surface area contributed by atoms with Crippen molar-refractivity contribution >= 4 is 40.4 Å². The first-order valence-electron chi connectivity index (χ1n) is 8.26. The number of hydrogen-bond acceptors (Lipinski definition) is 3. The molecule has 134 valence electrons. The Kier molecular flexibility index (Phi) is 5.23. The van der Waals surface area contributed by atoms with Gasteiger partial charge in [-0.25, -0.2) is 4.98 Å². The van der Waals surface area contributed by atoms with Gasteiger partial charge in [-0.15, -0.1) is 0 Å². The van der Waals surface area contributed by atoms with E-state index in [2.05, 4.69) is 20.6 Å². The second-order valence-corrected chi connectivity index (χ2v) is 6.67. The third-order valence-corrected chi connectivity index (χ3v) is 4.31. The molecule has 0 aliphatic heterocycles. The number of carbonyl (C=O) groups excluding carboxylic acids is 2. The number of benzene rings is 2. The Bertz CT molecular complexity index is 918. The maximum Gasteiger partial charge on any atom is 0.253 e. The van der Waals surface area contributed by atoms with Crippen LogP contribution in [0.2, 0.25) is 5.02 Å². The molecule has 3 N–H and O–H groups in total. The van der Waals surface area contributed by atoms with Gasteiger partial charge in [0.05, 0.1) is 21.6 Å². The molecule has 1 atom stereocenters. The van der Waals surface area contributed by atoms with Gasteiger partial charge in [0.1, 0.15) is 6.04 Å². The number of carbonyl (C=O) groups is 2. The molecular formula is C19H19ClN4O2. The second-order valence-electron chi connectivity index (χ2n) is 6.27. The summed E-state index contributed by atoms with van der Waals surface area (Å²) in [6.45, 7) is 3.71. The number of anilines is 1. The maximum absolute atomic E-state index is 12.7. The van der Waals surface area contributed by atoms with Crippen molar-refractivity contribution in [3.8, 4) is 0 Å². The predicted molar refractivity (Wildman–Crippen MR) is 102 cm³/mol. The van der Waals surface area contributed by atoms with E-state index in [0.29, 0.717) is 16.5 Å². The average Bonchev–Trinajstić information content (AvgIpc) is 3.01. The monoisotopic (exact) mass is 370 g/mol. The van der Waals surface area contributed by atoms with Gasteiger partial charge in [-0.2, -0.15) is 0 Å². The van der Waals surface area contributed by atoms with Gasteiger partial charge < -0.3 is 10.3 Å². The first-order chi connectivity index (χ1) is 12.5. The molecule has 1 aromatic heterocycles. The van der Waals surface area contributed by atoms with E-state index < -0.39 is 11.9 Å². The highest BCUT2D eigenvalue weighted by Gasteiger charge is 2.26. The minimum Gasteiger partial charge on any atom is -0.340 e. The Labute approximate surface area is 156 Å². The van der Waals surface area contributed by atoms with Crippen LogP contribution in [0.3, 0.4) is 0 Å². The number of rotatable bonds is 5. The highest BCUT2D eigenvalue weighted by atomic mass is 35.5. The van der Waals surface area contributed by atoms with Crippen LogP contribution in [0.5, 0.6) is 0 Å². The van der Waals surface area contributed by atoms with Crippen LogP contribution < -0.4 is 10.6 Å². The van der Waals surface area contributed by atoms with Crippen LogP contribution in [0.15, 0.2) is 48.5 Å². The fraction of sp³-hybridized carbons (Fsp3) is 0.211. The van der Waals surface area contributed by atoms with E-state index >= 15 is 0 Å². The average molecular weight is 371 g/mol. The van der Waals surface area contributed by atoms with Gasteiger partial charge in [-0.3, -0.25) is 14.9 Å². The number of imidazole rings is 1. The number of aromatic amines is 1. The normalized spacial score (nSPS) is 12.2. The minimum absolute atomic E-state index is 0.120. The van der Waals surface area contributed by atoms with E-state index in [1.165, 1.54) is 0 Å². The standard InChI is InChI=1S/C19H19ClN4O2/c1-11(2)16(23-17(25)12-7-3-4-8-13(12)20)18(26)24-19-21-14-9-5-6-10-15(14)22-19/h3-11,16H,1-2H3,(H,23,25)(H2,21,22,24,26)/t16-/m0/s1. The summed E-state index contributed by atoms with van der Waals surface area (Å²) in [5, 5.41) is 5.82. The zero-order valence-electron chi connectivity index (χ0n) is 14.4. The molecule has 0 saturated heterocycles. The lowest BCUT2D eigenvalue weighted by Crippen LogP contribution is -2.47. The van der Waals surface area contributed by atoms with E-state index in [-0.39, 0.29) is 11.8 Å². The van der Waals surface area contributed by atoms with E-state index in [0.717, 1.165) is 11.0 Å². The molecule has 6 nitrogen and oxygen atoms in total. The van der Waals surface area contributed by atoms with E-state index in [1.807, 2.05) is 38.1 Å². The lowest BCUT2D eigenvalue weighted by atomic mass is 10.0.